The minimum absolute atomic E-state index is 0.159. The van der Waals surface area contributed by atoms with Crippen molar-refractivity contribution in [3.63, 3.8) is 0 Å². The third-order valence-electron chi connectivity index (χ3n) is 4.35. The summed E-state index contributed by atoms with van der Waals surface area (Å²) < 4.78 is 38.0. The Bertz CT molecular complexity index is 514. The minimum atomic E-state index is -2.55. The average Bonchev–Trinajstić information content (AvgIpc) is 2.55. The van der Waals surface area contributed by atoms with Crippen LogP contribution in [0.5, 0.6) is 0 Å². The van der Waals surface area contributed by atoms with Crippen molar-refractivity contribution in [2.45, 2.75) is 97.3 Å². The van der Waals surface area contributed by atoms with Crippen LogP contribution in [0.25, 0.3) is 0 Å². The van der Waals surface area contributed by atoms with Crippen molar-refractivity contribution in [2.24, 2.45) is 0 Å². The number of aliphatic hydroxyl groups is 1. The highest BCUT2D eigenvalue weighted by atomic mass is 28.5. The van der Waals surface area contributed by atoms with Crippen molar-refractivity contribution in [3.05, 3.63) is 0 Å². The summed E-state index contributed by atoms with van der Waals surface area (Å²) in [5, 5.41) is 8.78. The Hall–Kier alpha value is 0.804. The normalized spacial score (nSPS) is 17.2. The molecule has 0 fully saturated rings. The Balaban J connectivity index is 5.10. The summed E-state index contributed by atoms with van der Waals surface area (Å²) >= 11 is 0. The number of hydrogen-bond acceptors (Lipinski definition) is 7. The highest BCUT2D eigenvalue weighted by Crippen LogP contribution is 2.30. The molecule has 0 aliphatic heterocycles. The molecule has 0 saturated carbocycles. The van der Waals surface area contributed by atoms with Crippen molar-refractivity contribution in [1.82, 2.24) is 0 Å². The van der Waals surface area contributed by atoms with E-state index in [4.69, 9.17) is 31.0 Å². The van der Waals surface area contributed by atoms with Gasteiger partial charge in [-0.3, -0.25) is 0 Å². The maximum Gasteiger partial charge on any atom is 0.317 e. The van der Waals surface area contributed by atoms with Crippen LogP contribution in [0.2, 0.25) is 77.6 Å². The molecule has 0 radical (unpaired) electrons. The zero-order valence-electron chi connectivity index (χ0n) is 22.8. The molecule has 32 heavy (non-hydrogen) atoms. The first kappa shape index (κ1) is 32.8. The molecule has 7 nitrogen and oxygen atoms in total. The van der Waals surface area contributed by atoms with E-state index in [2.05, 4.69) is 72.4 Å². The third-order valence-corrected chi connectivity index (χ3v) is 22.6. The molecule has 0 saturated heterocycles. The lowest BCUT2D eigenvalue weighted by Gasteiger charge is -2.44. The Morgan fingerprint density at radius 2 is 1.06 bits per heavy atom. The summed E-state index contributed by atoms with van der Waals surface area (Å²) in [6.07, 6.45) is 1.54. The highest BCUT2D eigenvalue weighted by molar-refractivity contribution is 6.90. The molecule has 0 aliphatic rings. The first-order valence-corrected chi connectivity index (χ1v) is 26.7. The molecule has 194 valence electrons. The van der Waals surface area contributed by atoms with Crippen molar-refractivity contribution < 1.29 is 31.0 Å². The molecule has 0 bridgehead atoms. The molecule has 12 heteroatoms. The monoisotopic (exact) mass is 544 g/mol. The number of rotatable bonds is 19. The van der Waals surface area contributed by atoms with Crippen molar-refractivity contribution in [2.75, 3.05) is 33.0 Å². The molecule has 0 heterocycles. The van der Waals surface area contributed by atoms with Gasteiger partial charge >= 0.3 is 25.7 Å². The van der Waals surface area contributed by atoms with Crippen LogP contribution in [0, 0.1) is 0 Å². The van der Waals surface area contributed by atoms with Crippen LogP contribution in [0.4, 0.5) is 0 Å². The van der Waals surface area contributed by atoms with E-state index in [0.29, 0.717) is 32.8 Å². The van der Waals surface area contributed by atoms with Crippen LogP contribution in [0.15, 0.2) is 0 Å². The van der Waals surface area contributed by atoms with Crippen molar-refractivity contribution in [3.8, 4) is 0 Å². The third kappa shape index (κ3) is 17.3. The molecule has 0 aliphatic carbocycles. The number of ether oxygens (including phenoxy) is 2. The second-order valence-corrected chi connectivity index (χ2v) is 31.3. The first-order valence-electron chi connectivity index (χ1n) is 12.0. The number of hydrogen-bond donors (Lipinski definition) is 1. The lowest BCUT2D eigenvalue weighted by atomic mass is 10.5. The van der Waals surface area contributed by atoms with E-state index in [1.54, 1.807) is 0 Å². The molecule has 0 rings (SSSR count). The van der Waals surface area contributed by atoms with Gasteiger partial charge in [-0.15, -0.1) is 0 Å². The molecular weight excluding hydrogens is 493 g/mol. The largest absolute Gasteiger partial charge is 0.437 e. The average molecular weight is 545 g/mol. The fourth-order valence-corrected chi connectivity index (χ4v) is 26.9. The van der Waals surface area contributed by atoms with Crippen LogP contribution in [0.3, 0.4) is 0 Å². The predicted octanol–water partition coefficient (Wildman–Crippen LogP) is 5.39. The smallest absolute Gasteiger partial charge is 0.317 e. The predicted molar refractivity (Wildman–Crippen MR) is 145 cm³/mol. The van der Waals surface area contributed by atoms with Crippen LogP contribution in [-0.4, -0.2) is 80.5 Å². The van der Waals surface area contributed by atoms with E-state index >= 15 is 0 Å². The van der Waals surface area contributed by atoms with Gasteiger partial charge in [-0.1, -0.05) is 6.92 Å². The number of aliphatic hydroxyl groups excluding tert-OH is 1. The van der Waals surface area contributed by atoms with E-state index in [9.17, 15) is 0 Å². The lowest BCUT2D eigenvalue weighted by Crippen LogP contribution is -2.60. The molecular formula is C20H52O7Si5. The van der Waals surface area contributed by atoms with E-state index < -0.39 is 42.3 Å². The second-order valence-electron chi connectivity index (χ2n) is 11.1. The summed E-state index contributed by atoms with van der Waals surface area (Å²) in [4.78, 5) is 0. The van der Waals surface area contributed by atoms with Gasteiger partial charge in [0.05, 0.1) is 13.2 Å². The fourth-order valence-electron chi connectivity index (χ4n) is 3.65. The van der Waals surface area contributed by atoms with Gasteiger partial charge in [0.1, 0.15) is 0 Å². The standard InChI is InChI=1S/C20H52O7Si5/c1-12-31(10,25-29(5,6)7)27-32(11,26-30(8,9)24-28(2,3)4)20-14-17-23-19-18-22-16-13-15-21/h21H,12-20H2,1-11H3. The van der Waals surface area contributed by atoms with Gasteiger partial charge in [0.2, 0.25) is 0 Å². The quantitative estimate of drug-likeness (QED) is 0.172. The second kappa shape index (κ2) is 14.4. The minimum Gasteiger partial charge on any atom is -0.437 e. The maximum absolute atomic E-state index is 8.78. The molecule has 0 spiro atoms. The summed E-state index contributed by atoms with van der Waals surface area (Å²) in [5.41, 5.74) is 0. The summed E-state index contributed by atoms with van der Waals surface area (Å²) in [7, 11) is -10.7. The molecule has 2 unspecified atom stereocenters. The SMILES string of the molecule is CC[Si](C)(O[Si](C)(C)C)O[Si](C)(CCCOCCOCCCO)O[Si](C)(C)O[Si](C)(C)C. The zero-order chi connectivity index (χ0) is 25.1. The van der Waals surface area contributed by atoms with E-state index in [1.165, 1.54) is 0 Å². The Morgan fingerprint density at radius 1 is 0.562 bits per heavy atom. The van der Waals surface area contributed by atoms with Crippen LogP contribution in [-0.2, 0) is 25.9 Å². The van der Waals surface area contributed by atoms with Crippen molar-refractivity contribution >= 4 is 42.3 Å². The molecule has 0 aromatic heterocycles. The first-order chi connectivity index (χ1) is 14.4. The van der Waals surface area contributed by atoms with Crippen LogP contribution >= 0.6 is 0 Å². The van der Waals surface area contributed by atoms with Crippen LogP contribution in [0.1, 0.15) is 19.8 Å². The van der Waals surface area contributed by atoms with Gasteiger partial charge in [-0.05, 0) is 90.4 Å². The highest BCUT2D eigenvalue weighted by Gasteiger charge is 2.48. The molecule has 0 aromatic rings. The molecule has 2 atom stereocenters. The maximum atomic E-state index is 8.78. The summed E-state index contributed by atoms with van der Waals surface area (Å²) in [6, 6.07) is 1.75. The topological polar surface area (TPSA) is 75.6 Å². The van der Waals surface area contributed by atoms with Gasteiger partial charge in [0.25, 0.3) is 0 Å². The molecule has 0 amide bonds. The van der Waals surface area contributed by atoms with E-state index in [1.807, 2.05) is 0 Å². The van der Waals surface area contributed by atoms with E-state index in [0.717, 1.165) is 18.5 Å². The van der Waals surface area contributed by atoms with Gasteiger partial charge in [0.15, 0.2) is 16.6 Å². The van der Waals surface area contributed by atoms with Crippen molar-refractivity contribution in [1.29, 1.82) is 0 Å². The van der Waals surface area contributed by atoms with Gasteiger partial charge in [-0.2, -0.15) is 0 Å². The Labute approximate surface area is 203 Å². The van der Waals surface area contributed by atoms with Crippen LogP contribution < -0.4 is 0 Å². The Kier molecular flexibility index (Phi) is 14.7. The molecule has 1 N–H and O–H groups in total. The zero-order valence-corrected chi connectivity index (χ0v) is 27.8. The Morgan fingerprint density at radius 3 is 1.50 bits per heavy atom. The van der Waals surface area contributed by atoms with E-state index in [-0.39, 0.29) is 6.61 Å². The van der Waals surface area contributed by atoms with Gasteiger partial charge in [0, 0.05) is 19.8 Å². The fraction of sp³-hybridized carbons (Fsp3) is 1.00. The van der Waals surface area contributed by atoms with Gasteiger partial charge in [-0.25, -0.2) is 0 Å². The summed E-state index contributed by atoms with van der Waals surface area (Å²) in [6.45, 7) is 26.6. The summed E-state index contributed by atoms with van der Waals surface area (Å²) in [5.74, 6) is 0. The molecule has 0 aromatic carbocycles. The lowest BCUT2D eigenvalue weighted by molar-refractivity contribution is 0.0424. The van der Waals surface area contributed by atoms with Gasteiger partial charge < -0.3 is 31.0 Å².